The van der Waals surface area contributed by atoms with Crippen LogP contribution in [0.25, 0.3) is 0 Å². The Hall–Kier alpha value is -1.98. The summed E-state index contributed by atoms with van der Waals surface area (Å²) in [7, 11) is 0. The summed E-state index contributed by atoms with van der Waals surface area (Å²) in [6.45, 7) is 4.69. The molecule has 1 saturated heterocycles. The molecule has 1 heterocycles. The van der Waals surface area contributed by atoms with Gasteiger partial charge in [-0.1, -0.05) is 44.0 Å². The Kier molecular flexibility index (Phi) is 8.64. The highest BCUT2D eigenvalue weighted by atomic mass is 19.2. The molecule has 0 N–H and O–H groups in total. The molecule has 0 spiro atoms. The van der Waals surface area contributed by atoms with Gasteiger partial charge in [-0.05, 0) is 55.9 Å². The van der Waals surface area contributed by atoms with Crippen molar-refractivity contribution in [1.82, 2.24) is 0 Å². The van der Waals surface area contributed by atoms with Crippen molar-refractivity contribution in [3.8, 4) is 5.75 Å². The fourth-order valence-electron chi connectivity index (χ4n) is 3.76. The zero-order valence-corrected chi connectivity index (χ0v) is 18.0. The topological polar surface area (TPSA) is 27.7 Å². The van der Waals surface area contributed by atoms with E-state index in [4.69, 9.17) is 14.2 Å². The fraction of sp³-hybridized carbons (Fsp3) is 0.520. The predicted molar refractivity (Wildman–Crippen MR) is 114 cm³/mol. The van der Waals surface area contributed by atoms with E-state index in [9.17, 15) is 8.78 Å². The molecule has 0 saturated carbocycles. The molecule has 3 nitrogen and oxygen atoms in total. The Morgan fingerprint density at radius 3 is 2.43 bits per heavy atom. The molecule has 3 rings (SSSR count). The number of halogens is 2. The Balaban J connectivity index is 1.46. The average Bonchev–Trinajstić information content (AvgIpc) is 2.78. The van der Waals surface area contributed by atoms with Gasteiger partial charge in [0.25, 0.3) is 0 Å². The molecule has 1 aliphatic heterocycles. The second-order valence-corrected chi connectivity index (χ2v) is 7.81. The van der Waals surface area contributed by atoms with Crippen molar-refractivity contribution in [2.45, 2.75) is 71.2 Å². The molecule has 164 valence electrons. The number of hydrogen-bond acceptors (Lipinski definition) is 3. The lowest BCUT2D eigenvalue weighted by atomic mass is 9.98. The predicted octanol–water partition coefficient (Wildman–Crippen LogP) is 6.53. The van der Waals surface area contributed by atoms with Gasteiger partial charge in [-0.2, -0.15) is 4.39 Å². The quantitative estimate of drug-likeness (QED) is 0.410. The second-order valence-electron chi connectivity index (χ2n) is 7.81. The summed E-state index contributed by atoms with van der Waals surface area (Å²) in [5, 5.41) is 0. The molecule has 30 heavy (non-hydrogen) atoms. The van der Waals surface area contributed by atoms with E-state index in [1.807, 2.05) is 0 Å². The number of aryl methyl sites for hydroxylation is 1. The first-order valence-electron chi connectivity index (χ1n) is 11.0. The van der Waals surface area contributed by atoms with Crippen molar-refractivity contribution < 1.29 is 23.0 Å². The molecule has 0 radical (unpaired) electrons. The van der Waals surface area contributed by atoms with Crippen LogP contribution < -0.4 is 4.74 Å². The normalized spacial score (nSPS) is 19.1. The number of hydrogen-bond donors (Lipinski definition) is 0. The van der Waals surface area contributed by atoms with Gasteiger partial charge < -0.3 is 14.2 Å². The summed E-state index contributed by atoms with van der Waals surface area (Å²) in [5.41, 5.74) is 2.75. The zero-order chi connectivity index (χ0) is 21.3. The van der Waals surface area contributed by atoms with E-state index in [2.05, 4.69) is 31.2 Å². The number of ether oxygens (including phenoxy) is 3. The molecule has 0 aromatic heterocycles. The van der Waals surface area contributed by atoms with E-state index in [1.54, 1.807) is 6.92 Å². The van der Waals surface area contributed by atoms with Crippen LogP contribution in [0.5, 0.6) is 5.75 Å². The smallest absolute Gasteiger partial charge is 0.200 e. The van der Waals surface area contributed by atoms with E-state index in [-0.39, 0.29) is 36.7 Å². The monoisotopic (exact) mass is 418 g/mol. The molecule has 1 fully saturated rings. The summed E-state index contributed by atoms with van der Waals surface area (Å²) in [6, 6.07) is 11.7. The van der Waals surface area contributed by atoms with Gasteiger partial charge in [-0.15, -0.1) is 0 Å². The van der Waals surface area contributed by atoms with Gasteiger partial charge >= 0.3 is 0 Å². The van der Waals surface area contributed by atoms with Crippen LogP contribution in [0.15, 0.2) is 36.4 Å². The van der Waals surface area contributed by atoms with Crippen LogP contribution in [0, 0.1) is 11.6 Å². The first-order valence-corrected chi connectivity index (χ1v) is 11.0. The maximum Gasteiger partial charge on any atom is 0.200 e. The van der Waals surface area contributed by atoms with Gasteiger partial charge in [-0.3, -0.25) is 0 Å². The van der Waals surface area contributed by atoms with Crippen LogP contribution in [0.1, 0.15) is 68.7 Å². The van der Waals surface area contributed by atoms with Crippen LogP contribution in [0.4, 0.5) is 8.78 Å². The number of benzene rings is 2. The minimum Gasteiger partial charge on any atom is -0.491 e. The average molecular weight is 419 g/mol. The van der Waals surface area contributed by atoms with Crippen molar-refractivity contribution in [2.24, 2.45) is 0 Å². The van der Waals surface area contributed by atoms with Crippen molar-refractivity contribution >= 4 is 0 Å². The molecular weight excluding hydrogens is 386 g/mol. The van der Waals surface area contributed by atoms with Gasteiger partial charge in [0, 0.05) is 5.56 Å². The van der Waals surface area contributed by atoms with Crippen LogP contribution in [0.2, 0.25) is 0 Å². The lowest BCUT2D eigenvalue weighted by molar-refractivity contribution is -0.0925. The first-order chi connectivity index (χ1) is 14.6. The Morgan fingerprint density at radius 2 is 1.77 bits per heavy atom. The van der Waals surface area contributed by atoms with Gasteiger partial charge in [0.2, 0.25) is 5.82 Å². The number of rotatable bonds is 10. The summed E-state index contributed by atoms with van der Waals surface area (Å²) in [5.74, 6) is -1.94. The van der Waals surface area contributed by atoms with E-state index in [0.29, 0.717) is 6.61 Å². The summed E-state index contributed by atoms with van der Waals surface area (Å²) in [6.07, 6.45) is 6.47. The summed E-state index contributed by atoms with van der Waals surface area (Å²) < 4.78 is 45.0. The molecule has 5 heteroatoms. The lowest BCUT2D eigenvalue weighted by Crippen LogP contribution is -2.27. The third-order valence-electron chi connectivity index (χ3n) is 5.56. The third-order valence-corrected chi connectivity index (χ3v) is 5.56. The minimum atomic E-state index is -0.962. The van der Waals surface area contributed by atoms with E-state index < -0.39 is 11.6 Å². The van der Waals surface area contributed by atoms with Crippen molar-refractivity contribution in [1.29, 1.82) is 0 Å². The van der Waals surface area contributed by atoms with Gasteiger partial charge in [-0.25, -0.2) is 4.39 Å². The summed E-state index contributed by atoms with van der Waals surface area (Å²) in [4.78, 5) is 0. The first kappa shape index (κ1) is 22.7. The lowest BCUT2D eigenvalue weighted by Gasteiger charge is -2.29. The van der Waals surface area contributed by atoms with E-state index >= 15 is 0 Å². The van der Waals surface area contributed by atoms with Crippen LogP contribution in [-0.2, 0) is 22.5 Å². The molecule has 0 amide bonds. The van der Waals surface area contributed by atoms with Crippen LogP contribution in [0.3, 0.4) is 0 Å². The molecule has 0 aliphatic carbocycles. The highest BCUT2D eigenvalue weighted by molar-refractivity contribution is 5.31. The van der Waals surface area contributed by atoms with Gasteiger partial charge in [0.15, 0.2) is 11.6 Å². The van der Waals surface area contributed by atoms with Crippen LogP contribution >= 0.6 is 0 Å². The Labute approximate surface area is 178 Å². The molecule has 1 aliphatic rings. The van der Waals surface area contributed by atoms with Gasteiger partial charge in [0.05, 0.1) is 32.0 Å². The van der Waals surface area contributed by atoms with E-state index in [0.717, 1.165) is 19.3 Å². The zero-order valence-electron chi connectivity index (χ0n) is 18.0. The largest absolute Gasteiger partial charge is 0.491 e. The van der Waals surface area contributed by atoms with Crippen LogP contribution in [-0.4, -0.2) is 19.3 Å². The maximum absolute atomic E-state index is 14.2. The van der Waals surface area contributed by atoms with Gasteiger partial charge in [0.1, 0.15) is 0 Å². The minimum absolute atomic E-state index is 0.0142. The summed E-state index contributed by atoms with van der Waals surface area (Å²) >= 11 is 0. The standard InChI is InChI=1S/C25H32F2O3/c1-3-5-6-7-18-8-10-19(11-9-18)22-15-13-21(17-30-22)29-16-20-12-14-23(28-4-2)25(27)24(20)26/h8-12,14,21-22H,3-7,13,15-17H2,1-2H3. The second kappa shape index (κ2) is 11.4. The molecule has 2 aromatic rings. The number of unbranched alkanes of at least 4 members (excludes halogenated alkanes) is 2. The van der Waals surface area contributed by atoms with E-state index in [1.165, 1.54) is 42.5 Å². The molecule has 2 unspecified atom stereocenters. The molecule has 0 bridgehead atoms. The maximum atomic E-state index is 14.2. The Morgan fingerprint density at radius 1 is 0.967 bits per heavy atom. The SMILES string of the molecule is CCCCCc1ccc(C2CCC(OCc3ccc(OCC)c(F)c3F)CO2)cc1. The molecule has 2 aromatic carbocycles. The Bertz CT molecular complexity index is 784. The highest BCUT2D eigenvalue weighted by Crippen LogP contribution is 2.30. The highest BCUT2D eigenvalue weighted by Gasteiger charge is 2.24. The van der Waals surface area contributed by atoms with Crippen molar-refractivity contribution in [3.05, 3.63) is 64.7 Å². The third kappa shape index (κ3) is 6.02. The molecule has 2 atom stereocenters. The van der Waals surface area contributed by atoms with Crippen molar-refractivity contribution in [2.75, 3.05) is 13.2 Å². The fourth-order valence-corrected chi connectivity index (χ4v) is 3.76. The molecular formula is C25H32F2O3. The van der Waals surface area contributed by atoms with Crippen molar-refractivity contribution in [3.63, 3.8) is 0 Å².